The predicted molar refractivity (Wildman–Crippen MR) is 83.8 cm³/mol. The second kappa shape index (κ2) is 6.71. The van der Waals surface area contributed by atoms with Crippen molar-refractivity contribution in [2.75, 3.05) is 0 Å². The normalized spacial score (nSPS) is 12.6. The molecule has 108 valence electrons. The van der Waals surface area contributed by atoms with Crippen LogP contribution in [0, 0.1) is 13.8 Å². The number of aryl methyl sites for hydroxylation is 3. The second-order valence-corrected chi connectivity index (χ2v) is 5.62. The van der Waals surface area contributed by atoms with E-state index in [1.807, 2.05) is 12.4 Å². The van der Waals surface area contributed by atoms with Gasteiger partial charge in [0.15, 0.2) is 0 Å². The Labute approximate surface area is 121 Å². The molecule has 0 fully saturated rings. The maximum atomic E-state index is 6.30. The summed E-state index contributed by atoms with van der Waals surface area (Å²) in [5.74, 6) is 1.10. The topological polar surface area (TPSA) is 43.8 Å². The quantitative estimate of drug-likeness (QED) is 0.877. The van der Waals surface area contributed by atoms with Gasteiger partial charge in [-0.1, -0.05) is 25.1 Å². The number of hydrogen-bond donors (Lipinski definition) is 1. The minimum Gasteiger partial charge on any atom is -0.335 e. The summed E-state index contributed by atoms with van der Waals surface area (Å²) in [5, 5.41) is 0. The number of hydrogen-bond acceptors (Lipinski definition) is 2. The van der Waals surface area contributed by atoms with Crippen molar-refractivity contribution < 1.29 is 0 Å². The molecule has 1 aromatic heterocycles. The molecule has 1 unspecified atom stereocenters. The smallest absolute Gasteiger partial charge is 0.110 e. The molecule has 0 aliphatic heterocycles. The van der Waals surface area contributed by atoms with Crippen molar-refractivity contribution in [1.29, 1.82) is 0 Å². The Kier molecular flexibility index (Phi) is 4.96. The molecule has 0 radical (unpaired) electrons. The number of imidazole rings is 1. The Morgan fingerprint density at radius 2 is 2.00 bits per heavy atom. The molecule has 2 N–H and O–H groups in total. The molecule has 2 rings (SSSR count). The Morgan fingerprint density at radius 1 is 1.20 bits per heavy atom. The molecule has 3 nitrogen and oxygen atoms in total. The first kappa shape index (κ1) is 14.8. The first-order chi connectivity index (χ1) is 9.60. The fraction of sp³-hybridized carbons (Fsp3) is 0.471. The van der Waals surface area contributed by atoms with Crippen molar-refractivity contribution in [3.8, 4) is 0 Å². The Morgan fingerprint density at radius 3 is 2.70 bits per heavy atom. The van der Waals surface area contributed by atoms with E-state index in [2.05, 4.69) is 48.5 Å². The number of nitrogens with two attached hydrogens (primary N) is 1. The molecule has 1 atom stereocenters. The molecule has 2 aromatic rings. The molecular weight excluding hydrogens is 246 g/mol. The molecule has 0 spiro atoms. The maximum absolute atomic E-state index is 6.30. The standard InChI is InChI=1S/C17H25N3/c1-4-8-20-9-7-19-17(20)12-16(18)11-15-6-5-13(2)14(3)10-15/h5-7,9-10,16H,4,8,11-12,18H2,1-3H3. The molecule has 0 amide bonds. The summed E-state index contributed by atoms with van der Waals surface area (Å²) in [4.78, 5) is 4.43. The minimum absolute atomic E-state index is 0.120. The Hall–Kier alpha value is -1.61. The molecule has 0 aliphatic rings. The van der Waals surface area contributed by atoms with Crippen molar-refractivity contribution in [2.45, 2.75) is 52.6 Å². The lowest BCUT2D eigenvalue weighted by atomic mass is 10.00. The lowest BCUT2D eigenvalue weighted by Crippen LogP contribution is -2.27. The highest BCUT2D eigenvalue weighted by Crippen LogP contribution is 2.12. The zero-order chi connectivity index (χ0) is 14.5. The van der Waals surface area contributed by atoms with Crippen LogP contribution in [-0.4, -0.2) is 15.6 Å². The maximum Gasteiger partial charge on any atom is 0.110 e. The van der Waals surface area contributed by atoms with Crippen LogP contribution in [0.15, 0.2) is 30.6 Å². The van der Waals surface area contributed by atoms with E-state index in [1.54, 1.807) is 0 Å². The van der Waals surface area contributed by atoms with Crippen molar-refractivity contribution in [1.82, 2.24) is 9.55 Å². The largest absolute Gasteiger partial charge is 0.335 e. The molecule has 0 aliphatic carbocycles. The van der Waals surface area contributed by atoms with Gasteiger partial charge in [-0.25, -0.2) is 4.98 Å². The van der Waals surface area contributed by atoms with Gasteiger partial charge in [0, 0.05) is 31.4 Å². The monoisotopic (exact) mass is 271 g/mol. The van der Waals surface area contributed by atoms with Crippen molar-refractivity contribution in [2.24, 2.45) is 5.73 Å². The van der Waals surface area contributed by atoms with Gasteiger partial charge in [-0.15, -0.1) is 0 Å². The Bertz CT molecular complexity index is 557. The third-order valence-electron chi connectivity index (χ3n) is 3.78. The van der Waals surface area contributed by atoms with E-state index in [0.717, 1.165) is 31.6 Å². The SMILES string of the molecule is CCCn1ccnc1CC(N)Cc1ccc(C)c(C)c1. The van der Waals surface area contributed by atoms with Gasteiger partial charge in [-0.3, -0.25) is 0 Å². The summed E-state index contributed by atoms with van der Waals surface area (Å²) in [7, 11) is 0. The van der Waals surface area contributed by atoms with Crippen LogP contribution in [-0.2, 0) is 19.4 Å². The van der Waals surface area contributed by atoms with Crippen LogP contribution < -0.4 is 5.73 Å². The molecule has 1 heterocycles. The fourth-order valence-electron chi connectivity index (χ4n) is 2.51. The van der Waals surface area contributed by atoms with Gasteiger partial charge in [-0.05, 0) is 43.4 Å². The minimum atomic E-state index is 0.120. The van der Waals surface area contributed by atoms with E-state index >= 15 is 0 Å². The highest BCUT2D eigenvalue weighted by atomic mass is 15.1. The van der Waals surface area contributed by atoms with Crippen LogP contribution in [0.4, 0.5) is 0 Å². The van der Waals surface area contributed by atoms with Gasteiger partial charge in [0.2, 0.25) is 0 Å². The van der Waals surface area contributed by atoms with Gasteiger partial charge in [-0.2, -0.15) is 0 Å². The fourth-order valence-corrected chi connectivity index (χ4v) is 2.51. The Balaban J connectivity index is 1.99. The van der Waals surface area contributed by atoms with Gasteiger partial charge >= 0.3 is 0 Å². The first-order valence-corrected chi connectivity index (χ1v) is 7.42. The lowest BCUT2D eigenvalue weighted by Gasteiger charge is -2.14. The second-order valence-electron chi connectivity index (χ2n) is 5.62. The van der Waals surface area contributed by atoms with Gasteiger partial charge in [0.25, 0.3) is 0 Å². The summed E-state index contributed by atoms with van der Waals surface area (Å²) in [5.41, 5.74) is 10.3. The first-order valence-electron chi connectivity index (χ1n) is 7.42. The van der Waals surface area contributed by atoms with E-state index in [9.17, 15) is 0 Å². The van der Waals surface area contributed by atoms with E-state index in [4.69, 9.17) is 5.73 Å². The van der Waals surface area contributed by atoms with E-state index in [1.165, 1.54) is 16.7 Å². The lowest BCUT2D eigenvalue weighted by molar-refractivity contribution is 0.582. The summed E-state index contributed by atoms with van der Waals surface area (Å²) in [6, 6.07) is 6.72. The van der Waals surface area contributed by atoms with Crippen LogP contribution in [0.2, 0.25) is 0 Å². The summed E-state index contributed by atoms with van der Waals surface area (Å²) < 4.78 is 2.21. The summed E-state index contributed by atoms with van der Waals surface area (Å²) in [6.45, 7) is 7.49. The van der Waals surface area contributed by atoms with E-state index in [-0.39, 0.29) is 6.04 Å². The van der Waals surface area contributed by atoms with Crippen LogP contribution in [0.25, 0.3) is 0 Å². The van der Waals surface area contributed by atoms with Crippen LogP contribution in [0.3, 0.4) is 0 Å². The molecule has 20 heavy (non-hydrogen) atoms. The summed E-state index contributed by atoms with van der Waals surface area (Å²) >= 11 is 0. The predicted octanol–water partition coefficient (Wildman–Crippen LogP) is 3.02. The molecule has 0 saturated heterocycles. The van der Waals surface area contributed by atoms with E-state index in [0.29, 0.717) is 0 Å². The van der Waals surface area contributed by atoms with Gasteiger partial charge in [0.1, 0.15) is 5.82 Å². The van der Waals surface area contributed by atoms with Crippen LogP contribution in [0.1, 0.15) is 35.9 Å². The van der Waals surface area contributed by atoms with Crippen LogP contribution in [0.5, 0.6) is 0 Å². The average molecular weight is 271 g/mol. The highest BCUT2D eigenvalue weighted by molar-refractivity contribution is 5.30. The van der Waals surface area contributed by atoms with Gasteiger partial charge < -0.3 is 10.3 Å². The number of rotatable bonds is 6. The number of aromatic nitrogens is 2. The number of benzene rings is 1. The van der Waals surface area contributed by atoms with E-state index < -0.39 is 0 Å². The van der Waals surface area contributed by atoms with Gasteiger partial charge in [0.05, 0.1) is 0 Å². The zero-order valence-electron chi connectivity index (χ0n) is 12.8. The van der Waals surface area contributed by atoms with Crippen molar-refractivity contribution in [3.63, 3.8) is 0 Å². The molecular formula is C17H25N3. The zero-order valence-corrected chi connectivity index (χ0v) is 12.8. The van der Waals surface area contributed by atoms with Crippen LogP contribution >= 0.6 is 0 Å². The summed E-state index contributed by atoms with van der Waals surface area (Å²) in [6.07, 6.45) is 6.77. The highest BCUT2D eigenvalue weighted by Gasteiger charge is 2.10. The number of nitrogens with zero attached hydrogens (tertiary/aromatic N) is 2. The molecule has 1 aromatic carbocycles. The van der Waals surface area contributed by atoms with Crippen molar-refractivity contribution >= 4 is 0 Å². The third kappa shape index (κ3) is 3.70. The molecule has 0 bridgehead atoms. The third-order valence-corrected chi connectivity index (χ3v) is 3.78. The van der Waals surface area contributed by atoms with Crippen molar-refractivity contribution in [3.05, 3.63) is 53.1 Å². The molecule has 3 heteroatoms. The molecule has 0 saturated carbocycles. The average Bonchev–Trinajstić information content (AvgIpc) is 2.82.